The highest BCUT2D eigenvalue weighted by atomic mass is 32.1. The van der Waals surface area contributed by atoms with Crippen molar-refractivity contribution in [3.8, 4) is 10.8 Å². The topological polar surface area (TPSA) is 52.3 Å². The van der Waals surface area contributed by atoms with Crippen molar-refractivity contribution in [2.75, 3.05) is 6.61 Å². The van der Waals surface area contributed by atoms with Crippen LogP contribution < -0.4 is 0 Å². The summed E-state index contributed by atoms with van der Waals surface area (Å²) in [4.78, 5) is 15.7. The van der Waals surface area contributed by atoms with Crippen molar-refractivity contribution in [3.63, 3.8) is 0 Å². The number of esters is 1. The molecule has 0 atom stereocenters. The summed E-state index contributed by atoms with van der Waals surface area (Å²) >= 11 is 1.53. The summed E-state index contributed by atoms with van der Waals surface area (Å²) < 4.78 is 10.3. The van der Waals surface area contributed by atoms with E-state index in [1.165, 1.54) is 11.3 Å². The molecular formula is C13H15NO3S. The molecule has 0 bridgehead atoms. The Bertz CT molecular complexity index is 530. The molecule has 2 aromatic heterocycles. The molecule has 0 fully saturated rings. The third-order valence-corrected chi connectivity index (χ3v) is 3.39. The van der Waals surface area contributed by atoms with Gasteiger partial charge in [-0.05, 0) is 25.5 Å². The maximum atomic E-state index is 11.2. The summed E-state index contributed by atoms with van der Waals surface area (Å²) in [5, 5.41) is 2.81. The van der Waals surface area contributed by atoms with Gasteiger partial charge in [-0.15, -0.1) is 11.3 Å². The summed E-state index contributed by atoms with van der Waals surface area (Å²) in [6.45, 7) is 4.21. The average molecular weight is 265 g/mol. The standard InChI is InChI=1S/C13H15NO3S/c1-3-16-11(15)5-4-10-8-18-13(14-10)12-9(2)6-7-17-12/h6-8H,3-5H2,1-2H3. The van der Waals surface area contributed by atoms with Crippen molar-refractivity contribution in [2.45, 2.75) is 26.7 Å². The summed E-state index contributed by atoms with van der Waals surface area (Å²) in [7, 11) is 0. The number of thiazole rings is 1. The average Bonchev–Trinajstić information content (AvgIpc) is 2.95. The van der Waals surface area contributed by atoms with E-state index in [-0.39, 0.29) is 5.97 Å². The maximum Gasteiger partial charge on any atom is 0.306 e. The molecule has 0 saturated carbocycles. The van der Waals surface area contributed by atoms with E-state index in [1.54, 1.807) is 13.2 Å². The highest BCUT2D eigenvalue weighted by Gasteiger charge is 2.11. The van der Waals surface area contributed by atoms with E-state index in [4.69, 9.17) is 9.15 Å². The lowest BCUT2D eigenvalue weighted by Crippen LogP contribution is -2.05. The van der Waals surface area contributed by atoms with Crippen LogP contribution in [-0.2, 0) is 16.0 Å². The third-order valence-electron chi connectivity index (χ3n) is 2.50. The maximum absolute atomic E-state index is 11.2. The fourth-order valence-electron chi connectivity index (χ4n) is 1.58. The molecule has 18 heavy (non-hydrogen) atoms. The monoisotopic (exact) mass is 265 g/mol. The van der Waals surface area contributed by atoms with Gasteiger partial charge in [0.2, 0.25) is 0 Å². The second-order valence-corrected chi connectivity index (χ2v) is 4.74. The van der Waals surface area contributed by atoms with E-state index in [0.29, 0.717) is 19.4 Å². The Morgan fingerprint density at radius 1 is 1.56 bits per heavy atom. The molecule has 2 rings (SSSR count). The van der Waals surface area contributed by atoms with Gasteiger partial charge in [0, 0.05) is 11.8 Å². The third kappa shape index (κ3) is 2.98. The van der Waals surface area contributed by atoms with Crippen molar-refractivity contribution in [2.24, 2.45) is 0 Å². The molecule has 0 spiro atoms. The molecule has 0 aliphatic carbocycles. The lowest BCUT2D eigenvalue weighted by atomic mass is 10.2. The first kappa shape index (κ1) is 12.8. The largest absolute Gasteiger partial charge is 0.466 e. The molecule has 0 aliphatic heterocycles. The van der Waals surface area contributed by atoms with E-state index in [2.05, 4.69) is 4.98 Å². The Morgan fingerprint density at radius 2 is 2.39 bits per heavy atom. The molecule has 2 heterocycles. The molecule has 0 aromatic carbocycles. The van der Waals surface area contributed by atoms with Crippen LogP contribution >= 0.6 is 11.3 Å². The SMILES string of the molecule is CCOC(=O)CCc1csc(-c2occc2C)n1. The first-order valence-electron chi connectivity index (χ1n) is 5.85. The van der Waals surface area contributed by atoms with Crippen LogP contribution in [0.2, 0.25) is 0 Å². The Labute approximate surface area is 110 Å². The number of aromatic nitrogens is 1. The van der Waals surface area contributed by atoms with Crippen LogP contribution in [0.15, 0.2) is 22.1 Å². The quantitative estimate of drug-likeness (QED) is 0.779. The molecule has 5 heteroatoms. The van der Waals surface area contributed by atoms with Gasteiger partial charge in [0.05, 0.1) is 25.0 Å². The smallest absolute Gasteiger partial charge is 0.306 e. The minimum absolute atomic E-state index is 0.179. The van der Waals surface area contributed by atoms with Crippen molar-refractivity contribution in [3.05, 3.63) is 29.0 Å². The lowest BCUT2D eigenvalue weighted by Gasteiger charge is -1.99. The van der Waals surface area contributed by atoms with Crippen LogP contribution in [0.1, 0.15) is 24.6 Å². The van der Waals surface area contributed by atoms with Gasteiger partial charge in [-0.2, -0.15) is 0 Å². The molecule has 4 nitrogen and oxygen atoms in total. The van der Waals surface area contributed by atoms with Crippen LogP contribution in [0.25, 0.3) is 10.8 Å². The van der Waals surface area contributed by atoms with Crippen LogP contribution in [0.3, 0.4) is 0 Å². The predicted octanol–water partition coefficient (Wildman–Crippen LogP) is 3.21. The Hall–Kier alpha value is -1.62. The number of nitrogens with zero attached hydrogens (tertiary/aromatic N) is 1. The van der Waals surface area contributed by atoms with Crippen LogP contribution in [0.5, 0.6) is 0 Å². The Morgan fingerprint density at radius 3 is 3.06 bits per heavy atom. The molecular weight excluding hydrogens is 250 g/mol. The van der Waals surface area contributed by atoms with Crippen molar-refractivity contribution < 1.29 is 13.9 Å². The number of furan rings is 1. The van der Waals surface area contributed by atoms with Gasteiger partial charge in [0.1, 0.15) is 0 Å². The highest BCUT2D eigenvalue weighted by molar-refractivity contribution is 7.13. The number of hydrogen-bond donors (Lipinski definition) is 0. The number of rotatable bonds is 5. The Balaban J connectivity index is 1.99. The first-order valence-corrected chi connectivity index (χ1v) is 6.73. The van der Waals surface area contributed by atoms with Crippen LogP contribution in [0.4, 0.5) is 0 Å². The second kappa shape index (κ2) is 5.82. The van der Waals surface area contributed by atoms with Gasteiger partial charge in [0.25, 0.3) is 0 Å². The normalized spacial score (nSPS) is 10.6. The first-order chi connectivity index (χ1) is 8.70. The summed E-state index contributed by atoms with van der Waals surface area (Å²) in [6, 6.07) is 1.91. The zero-order chi connectivity index (χ0) is 13.0. The van der Waals surface area contributed by atoms with E-state index in [9.17, 15) is 4.79 Å². The minimum Gasteiger partial charge on any atom is -0.466 e. The minimum atomic E-state index is -0.179. The van der Waals surface area contributed by atoms with Crippen molar-refractivity contribution >= 4 is 17.3 Å². The predicted molar refractivity (Wildman–Crippen MR) is 69.5 cm³/mol. The number of carbonyl (C=O) groups is 1. The molecule has 0 N–H and O–H groups in total. The Kier molecular flexibility index (Phi) is 4.15. The zero-order valence-corrected chi connectivity index (χ0v) is 11.3. The fraction of sp³-hybridized carbons (Fsp3) is 0.385. The van der Waals surface area contributed by atoms with Crippen molar-refractivity contribution in [1.82, 2.24) is 4.98 Å². The van der Waals surface area contributed by atoms with Gasteiger partial charge >= 0.3 is 5.97 Å². The highest BCUT2D eigenvalue weighted by Crippen LogP contribution is 2.27. The number of ether oxygens (including phenoxy) is 1. The molecule has 0 unspecified atom stereocenters. The lowest BCUT2D eigenvalue weighted by molar-refractivity contribution is -0.143. The number of hydrogen-bond acceptors (Lipinski definition) is 5. The summed E-state index contributed by atoms with van der Waals surface area (Å²) in [5.74, 6) is 0.628. The van der Waals surface area contributed by atoms with E-state index >= 15 is 0 Å². The van der Waals surface area contributed by atoms with Crippen molar-refractivity contribution in [1.29, 1.82) is 0 Å². The second-order valence-electron chi connectivity index (χ2n) is 3.88. The van der Waals surface area contributed by atoms with Gasteiger partial charge in [-0.1, -0.05) is 0 Å². The van der Waals surface area contributed by atoms with Gasteiger partial charge in [-0.3, -0.25) is 4.79 Å². The van der Waals surface area contributed by atoms with Crippen LogP contribution in [0, 0.1) is 6.92 Å². The zero-order valence-electron chi connectivity index (χ0n) is 10.4. The number of carbonyl (C=O) groups excluding carboxylic acids is 1. The van der Waals surface area contributed by atoms with Gasteiger partial charge in [-0.25, -0.2) is 4.98 Å². The van der Waals surface area contributed by atoms with E-state index < -0.39 is 0 Å². The molecule has 0 radical (unpaired) electrons. The summed E-state index contributed by atoms with van der Waals surface area (Å²) in [6.07, 6.45) is 2.63. The van der Waals surface area contributed by atoms with Gasteiger partial charge < -0.3 is 9.15 Å². The summed E-state index contributed by atoms with van der Waals surface area (Å²) in [5.41, 5.74) is 1.97. The number of aryl methyl sites for hydroxylation is 2. The molecule has 96 valence electrons. The fourth-order valence-corrected chi connectivity index (χ4v) is 2.49. The molecule has 0 aliphatic rings. The molecule has 0 saturated heterocycles. The van der Waals surface area contributed by atoms with Gasteiger partial charge in [0.15, 0.2) is 10.8 Å². The molecule has 2 aromatic rings. The van der Waals surface area contributed by atoms with E-state index in [0.717, 1.165) is 22.0 Å². The molecule has 0 amide bonds. The van der Waals surface area contributed by atoms with Crippen LogP contribution in [-0.4, -0.2) is 17.6 Å². The van der Waals surface area contributed by atoms with E-state index in [1.807, 2.05) is 18.4 Å².